The molecule has 0 aromatic carbocycles. The van der Waals surface area contributed by atoms with Crippen LogP contribution in [0.5, 0.6) is 0 Å². The first-order valence-electron chi connectivity index (χ1n) is 4.03. The number of ether oxygens (including phenoxy) is 1. The molecule has 0 aromatic rings. The maximum Gasteiger partial charge on any atom is 0.490 e. The van der Waals surface area contributed by atoms with Gasteiger partial charge in [-0.05, 0) is 0 Å². The Labute approximate surface area is 93.5 Å². The number of hydrogen-bond acceptors (Lipinski definition) is 4. The Kier molecular flexibility index (Phi) is 6.12. The Hall–Kier alpha value is -1.02. The van der Waals surface area contributed by atoms with Crippen molar-refractivity contribution in [2.75, 3.05) is 19.0 Å². The van der Waals surface area contributed by atoms with Crippen LogP contribution in [0.1, 0.15) is 0 Å². The lowest BCUT2D eigenvalue weighted by Crippen LogP contribution is -2.49. The SMILES string of the molecule is O=C(CCl)OC1CNC1.O=C(O)C(F)(F)F. The smallest absolute Gasteiger partial charge is 0.475 e. The molecule has 0 unspecified atom stereocenters. The summed E-state index contributed by atoms with van der Waals surface area (Å²) < 4.78 is 36.5. The molecule has 1 aliphatic heterocycles. The third kappa shape index (κ3) is 6.46. The average Bonchev–Trinajstić information content (AvgIpc) is 2.10. The maximum atomic E-state index is 10.6. The summed E-state index contributed by atoms with van der Waals surface area (Å²) in [4.78, 5) is 19.3. The Morgan fingerprint density at radius 2 is 1.88 bits per heavy atom. The zero-order valence-corrected chi connectivity index (χ0v) is 8.64. The van der Waals surface area contributed by atoms with Gasteiger partial charge in [0.25, 0.3) is 0 Å². The number of halogens is 4. The summed E-state index contributed by atoms with van der Waals surface area (Å²) in [5.74, 6) is -3.13. The summed E-state index contributed by atoms with van der Waals surface area (Å²) in [5, 5.41) is 10.1. The van der Waals surface area contributed by atoms with Crippen LogP contribution >= 0.6 is 11.6 Å². The maximum absolute atomic E-state index is 10.6. The van der Waals surface area contributed by atoms with Gasteiger partial charge in [0.2, 0.25) is 0 Å². The van der Waals surface area contributed by atoms with E-state index < -0.39 is 12.1 Å². The third-order valence-electron chi connectivity index (χ3n) is 1.39. The Bertz CT molecular complexity index is 255. The molecule has 0 aromatic heterocycles. The van der Waals surface area contributed by atoms with Gasteiger partial charge in [0, 0.05) is 13.1 Å². The van der Waals surface area contributed by atoms with E-state index in [9.17, 15) is 18.0 Å². The van der Waals surface area contributed by atoms with E-state index in [1.54, 1.807) is 0 Å². The highest BCUT2D eigenvalue weighted by Crippen LogP contribution is 2.13. The van der Waals surface area contributed by atoms with Gasteiger partial charge in [-0.15, -0.1) is 11.6 Å². The Morgan fingerprint density at radius 3 is 2.06 bits per heavy atom. The first kappa shape index (κ1) is 15.0. The summed E-state index contributed by atoms with van der Waals surface area (Å²) in [6.45, 7) is 1.53. The van der Waals surface area contributed by atoms with Gasteiger partial charge in [-0.25, -0.2) is 4.79 Å². The molecule has 1 heterocycles. The van der Waals surface area contributed by atoms with Gasteiger partial charge in [0.05, 0.1) is 0 Å². The van der Waals surface area contributed by atoms with Crippen molar-refractivity contribution in [2.24, 2.45) is 0 Å². The molecule has 5 nitrogen and oxygen atoms in total. The van der Waals surface area contributed by atoms with Gasteiger partial charge in [-0.2, -0.15) is 13.2 Å². The fourth-order valence-electron chi connectivity index (χ4n) is 0.563. The normalized spacial score (nSPS) is 15.5. The number of carbonyl (C=O) groups is 2. The number of esters is 1. The van der Waals surface area contributed by atoms with Crippen molar-refractivity contribution in [3.63, 3.8) is 0 Å². The number of carboxylic acid groups (broad SMARTS) is 1. The Balaban J connectivity index is 0.000000293. The van der Waals surface area contributed by atoms with Crippen molar-refractivity contribution in [2.45, 2.75) is 12.3 Å². The molecule has 0 amide bonds. The largest absolute Gasteiger partial charge is 0.490 e. The predicted octanol–water partition coefficient (Wildman–Crippen LogP) is 0.373. The summed E-state index contributed by atoms with van der Waals surface area (Å²) >= 11 is 5.18. The van der Waals surface area contributed by atoms with Gasteiger partial charge in [-0.1, -0.05) is 0 Å². The van der Waals surface area contributed by atoms with E-state index in [0.717, 1.165) is 13.1 Å². The highest BCUT2D eigenvalue weighted by atomic mass is 35.5. The minimum Gasteiger partial charge on any atom is -0.475 e. The standard InChI is InChI=1S/C5H8ClNO2.C2HF3O2/c6-1-5(8)9-4-2-7-3-4;3-2(4,5)1(6)7/h4,7H,1-3H2;(H,6,7). The van der Waals surface area contributed by atoms with E-state index in [1.165, 1.54) is 0 Å². The van der Waals surface area contributed by atoms with Crippen LogP contribution in [0.15, 0.2) is 0 Å². The minimum atomic E-state index is -5.08. The van der Waals surface area contributed by atoms with Crippen molar-refractivity contribution in [3.8, 4) is 0 Å². The molecule has 1 fully saturated rings. The highest BCUT2D eigenvalue weighted by Gasteiger charge is 2.38. The molecule has 2 N–H and O–H groups in total. The fourth-order valence-corrected chi connectivity index (χ4v) is 0.626. The molecule has 0 atom stereocenters. The second-order valence-corrected chi connectivity index (χ2v) is 2.97. The van der Waals surface area contributed by atoms with Crippen LogP contribution in [0.25, 0.3) is 0 Å². The molecular weight excluding hydrogens is 255 g/mol. The van der Waals surface area contributed by atoms with Gasteiger partial charge in [0.1, 0.15) is 12.0 Å². The van der Waals surface area contributed by atoms with Gasteiger partial charge >= 0.3 is 18.1 Å². The summed E-state index contributed by atoms with van der Waals surface area (Å²) in [6.07, 6.45) is -5.02. The number of hydrogen-bond donors (Lipinski definition) is 2. The van der Waals surface area contributed by atoms with Crippen LogP contribution in [0.3, 0.4) is 0 Å². The fraction of sp³-hybridized carbons (Fsp3) is 0.714. The monoisotopic (exact) mass is 263 g/mol. The number of carboxylic acids is 1. The second-order valence-electron chi connectivity index (χ2n) is 2.71. The van der Waals surface area contributed by atoms with Crippen molar-refractivity contribution in [3.05, 3.63) is 0 Å². The van der Waals surface area contributed by atoms with Crippen molar-refractivity contribution in [1.29, 1.82) is 0 Å². The van der Waals surface area contributed by atoms with Crippen LogP contribution in [0, 0.1) is 0 Å². The van der Waals surface area contributed by atoms with Crippen LogP contribution in [0.2, 0.25) is 0 Å². The van der Waals surface area contributed by atoms with E-state index in [2.05, 4.69) is 5.32 Å². The Morgan fingerprint density at radius 1 is 1.44 bits per heavy atom. The molecule has 16 heavy (non-hydrogen) atoms. The molecule has 1 aliphatic rings. The molecule has 0 spiro atoms. The van der Waals surface area contributed by atoms with Gasteiger partial charge in [-0.3, -0.25) is 4.79 Å². The molecule has 94 valence electrons. The lowest BCUT2D eigenvalue weighted by Gasteiger charge is -2.26. The number of alkyl halides is 4. The first-order valence-corrected chi connectivity index (χ1v) is 4.57. The van der Waals surface area contributed by atoms with E-state index in [0.29, 0.717) is 0 Å². The van der Waals surface area contributed by atoms with E-state index in [4.69, 9.17) is 26.2 Å². The highest BCUT2D eigenvalue weighted by molar-refractivity contribution is 6.26. The molecular formula is C7H9ClF3NO4. The predicted molar refractivity (Wildman–Crippen MR) is 47.2 cm³/mol. The lowest BCUT2D eigenvalue weighted by atomic mass is 10.2. The summed E-state index contributed by atoms with van der Waals surface area (Å²) in [5.41, 5.74) is 0. The van der Waals surface area contributed by atoms with Crippen LogP contribution in [-0.4, -0.2) is 48.3 Å². The van der Waals surface area contributed by atoms with Crippen LogP contribution in [-0.2, 0) is 14.3 Å². The first-order chi connectivity index (χ1) is 7.27. The lowest BCUT2D eigenvalue weighted by molar-refractivity contribution is -0.192. The number of aliphatic carboxylic acids is 1. The topological polar surface area (TPSA) is 75.6 Å². The molecule has 0 saturated carbocycles. The van der Waals surface area contributed by atoms with Crippen molar-refractivity contribution in [1.82, 2.24) is 5.32 Å². The van der Waals surface area contributed by atoms with Gasteiger partial charge in [0.15, 0.2) is 0 Å². The molecule has 1 saturated heterocycles. The zero-order valence-electron chi connectivity index (χ0n) is 7.88. The average molecular weight is 264 g/mol. The van der Waals surface area contributed by atoms with Crippen molar-refractivity contribution < 1.29 is 32.6 Å². The van der Waals surface area contributed by atoms with E-state index >= 15 is 0 Å². The molecule has 0 bridgehead atoms. The number of rotatable bonds is 2. The summed E-state index contributed by atoms with van der Waals surface area (Å²) in [7, 11) is 0. The third-order valence-corrected chi connectivity index (χ3v) is 1.61. The van der Waals surface area contributed by atoms with E-state index in [1.807, 2.05) is 0 Å². The quantitative estimate of drug-likeness (QED) is 0.556. The molecule has 0 aliphatic carbocycles. The van der Waals surface area contributed by atoms with Crippen LogP contribution < -0.4 is 5.32 Å². The van der Waals surface area contributed by atoms with E-state index in [-0.39, 0.29) is 18.0 Å². The molecule has 9 heteroatoms. The van der Waals surface area contributed by atoms with Crippen LogP contribution in [0.4, 0.5) is 13.2 Å². The molecule has 0 radical (unpaired) electrons. The summed E-state index contributed by atoms with van der Waals surface area (Å²) in [6, 6.07) is 0. The minimum absolute atomic E-state index is 0.0451. The number of nitrogens with one attached hydrogen (secondary N) is 1. The molecule has 1 rings (SSSR count). The second kappa shape index (κ2) is 6.54. The zero-order chi connectivity index (χ0) is 12.8. The number of carbonyl (C=O) groups excluding carboxylic acids is 1. The van der Waals surface area contributed by atoms with Crippen molar-refractivity contribution >= 4 is 23.5 Å². The van der Waals surface area contributed by atoms with Gasteiger partial charge < -0.3 is 15.2 Å².